The summed E-state index contributed by atoms with van der Waals surface area (Å²) in [5.41, 5.74) is 1.32. The molecule has 0 bridgehead atoms. The number of anilines is 2. The van der Waals surface area contributed by atoms with Crippen LogP contribution in [0.1, 0.15) is 45.1 Å². The molecule has 0 aromatic carbocycles. The molecule has 20 heavy (non-hydrogen) atoms. The van der Waals surface area contributed by atoms with Gasteiger partial charge in [-0.25, -0.2) is 9.97 Å². The van der Waals surface area contributed by atoms with Gasteiger partial charge in [0.1, 0.15) is 18.0 Å². The van der Waals surface area contributed by atoms with Crippen molar-refractivity contribution in [2.24, 2.45) is 11.8 Å². The number of nitrogens with one attached hydrogen (secondary N) is 1. The molecule has 0 spiro atoms. The maximum Gasteiger partial charge on any atom is 0.137 e. The van der Waals surface area contributed by atoms with Crippen LogP contribution in [-0.2, 0) is 6.42 Å². The second-order valence-corrected chi connectivity index (χ2v) is 6.16. The molecule has 0 amide bonds. The molecule has 1 aliphatic carbocycles. The van der Waals surface area contributed by atoms with Crippen molar-refractivity contribution in [1.29, 1.82) is 0 Å². The Kier molecular flexibility index (Phi) is 4.08. The van der Waals surface area contributed by atoms with E-state index in [2.05, 4.69) is 34.0 Å². The van der Waals surface area contributed by atoms with E-state index in [0.717, 1.165) is 37.0 Å². The molecule has 1 N–H and O–H groups in total. The highest BCUT2D eigenvalue weighted by Crippen LogP contribution is 2.40. The van der Waals surface area contributed by atoms with Gasteiger partial charge in [0.25, 0.3) is 0 Å². The maximum atomic E-state index is 4.62. The van der Waals surface area contributed by atoms with Crippen LogP contribution in [0, 0.1) is 11.8 Å². The average molecular weight is 274 g/mol. The fraction of sp³-hybridized carbons (Fsp3) is 0.750. The van der Waals surface area contributed by atoms with Gasteiger partial charge in [0.2, 0.25) is 0 Å². The van der Waals surface area contributed by atoms with E-state index in [1.54, 1.807) is 6.33 Å². The highest BCUT2D eigenvalue weighted by molar-refractivity contribution is 5.59. The van der Waals surface area contributed by atoms with Crippen molar-refractivity contribution in [2.45, 2.75) is 46.0 Å². The third kappa shape index (κ3) is 2.48. The predicted octanol–water partition coefficient (Wildman–Crippen LogP) is 3.10. The van der Waals surface area contributed by atoms with Crippen molar-refractivity contribution in [1.82, 2.24) is 9.97 Å². The van der Waals surface area contributed by atoms with Crippen LogP contribution in [-0.4, -0.2) is 29.6 Å². The van der Waals surface area contributed by atoms with Gasteiger partial charge in [0.15, 0.2) is 0 Å². The second-order valence-electron chi connectivity index (χ2n) is 6.16. The summed E-state index contributed by atoms with van der Waals surface area (Å²) in [5, 5.41) is 3.40. The normalized spacial score (nSPS) is 25.0. The van der Waals surface area contributed by atoms with Gasteiger partial charge in [-0.2, -0.15) is 0 Å². The zero-order valence-electron chi connectivity index (χ0n) is 12.7. The molecule has 110 valence electrons. The van der Waals surface area contributed by atoms with Gasteiger partial charge >= 0.3 is 0 Å². The Hall–Kier alpha value is -1.32. The third-order valence-electron chi connectivity index (χ3n) is 4.79. The van der Waals surface area contributed by atoms with Crippen molar-refractivity contribution >= 4 is 11.6 Å². The van der Waals surface area contributed by atoms with Crippen molar-refractivity contribution in [3.05, 3.63) is 11.9 Å². The molecule has 0 radical (unpaired) electrons. The van der Waals surface area contributed by atoms with Crippen LogP contribution < -0.4 is 10.2 Å². The molecule has 4 nitrogen and oxygen atoms in total. The molecule has 3 rings (SSSR count). The van der Waals surface area contributed by atoms with E-state index in [-0.39, 0.29) is 0 Å². The molecule has 2 atom stereocenters. The van der Waals surface area contributed by atoms with E-state index < -0.39 is 0 Å². The molecule has 2 aliphatic rings. The number of hydrogen-bond acceptors (Lipinski definition) is 4. The molecule has 1 aromatic heterocycles. The molecule has 1 aliphatic heterocycles. The highest BCUT2D eigenvalue weighted by Gasteiger charge is 2.37. The van der Waals surface area contributed by atoms with Gasteiger partial charge in [-0.05, 0) is 38.0 Å². The van der Waals surface area contributed by atoms with Crippen LogP contribution in [0.25, 0.3) is 0 Å². The zero-order chi connectivity index (χ0) is 13.9. The lowest BCUT2D eigenvalue weighted by molar-refractivity contribution is 0.494. The molecule has 2 fully saturated rings. The predicted molar refractivity (Wildman–Crippen MR) is 83.2 cm³/mol. The quantitative estimate of drug-likeness (QED) is 0.896. The average Bonchev–Trinajstić information content (AvgIpc) is 3.02. The van der Waals surface area contributed by atoms with Gasteiger partial charge in [-0.3, -0.25) is 0 Å². The lowest BCUT2D eigenvalue weighted by Gasteiger charge is -2.23. The first kappa shape index (κ1) is 13.7. The smallest absolute Gasteiger partial charge is 0.137 e. The van der Waals surface area contributed by atoms with Crippen LogP contribution in [0.2, 0.25) is 0 Å². The number of rotatable bonds is 5. The van der Waals surface area contributed by atoms with Crippen LogP contribution in [0.15, 0.2) is 6.33 Å². The summed E-state index contributed by atoms with van der Waals surface area (Å²) < 4.78 is 0. The summed E-state index contributed by atoms with van der Waals surface area (Å²) in [6, 6.07) is 0. The Labute approximate surface area is 122 Å². The number of fused-ring (bicyclic) bond motifs is 1. The van der Waals surface area contributed by atoms with Crippen molar-refractivity contribution < 1.29 is 0 Å². The van der Waals surface area contributed by atoms with Gasteiger partial charge in [-0.1, -0.05) is 19.8 Å². The van der Waals surface area contributed by atoms with Crippen molar-refractivity contribution in [2.75, 3.05) is 29.9 Å². The first-order chi connectivity index (χ1) is 9.83. The van der Waals surface area contributed by atoms with E-state index in [4.69, 9.17) is 0 Å². The van der Waals surface area contributed by atoms with Gasteiger partial charge in [-0.15, -0.1) is 0 Å². The van der Waals surface area contributed by atoms with Crippen LogP contribution in [0.4, 0.5) is 11.6 Å². The Balaban J connectivity index is 1.86. The summed E-state index contributed by atoms with van der Waals surface area (Å²) in [4.78, 5) is 11.6. The molecular weight excluding hydrogens is 248 g/mol. The maximum absolute atomic E-state index is 4.62. The van der Waals surface area contributed by atoms with Gasteiger partial charge < -0.3 is 10.2 Å². The van der Waals surface area contributed by atoms with Crippen LogP contribution in [0.5, 0.6) is 0 Å². The van der Waals surface area contributed by atoms with Crippen LogP contribution >= 0.6 is 0 Å². The first-order valence-electron chi connectivity index (χ1n) is 8.16. The monoisotopic (exact) mass is 274 g/mol. The summed E-state index contributed by atoms with van der Waals surface area (Å²) >= 11 is 0. The Bertz CT molecular complexity index is 448. The summed E-state index contributed by atoms with van der Waals surface area (Å²) in [5.74, 6) is 4.03. The molecule has 2 unspecified atom stereocenters. The fourth-order valence-corrected chi connectivity index (χ4v) is 3.88. The molecule has 4 heteroatoms. The molecule has 2 heterocycles. The lowest BCUT2D eigenvalue weighted by Crippen LogP contribution is -2.24. The van der Waals surface area contributed by atoms with Crippen LogP contribution in [0.3, 0.4) is 0 Å². The molecular formula is C16H26N4. The summed E-state index contributed by atoms with van der Waals surface area (Å²) in [6.45, 7) is 7.66. The topological polar surface area (TPSA) is 41.1 Å². The Morgan fingerprint density at radius 1 is 1.20 bits per heavy atom. The molecule has 1 saturated carbocycles. The number of hydrogen-bond donors (Lipinski definition) is 1. The largest absolute Gasteiger partial charge is 0.370 e. The number of nitrogens with zero attached hydrogens (tertiary/aromatic N) is 3. The van der Waals surface area contributed by atoms with E-state index in [1.807, 2.05) is 0 Å². The molecule has 1 saturated heterocycles. The standard InChI is InChI=1S/C16H26N4/c1-3-6-14-15(17-4-2)18-11-19-16(14)20-9-12-7-5-8-13(12)10-20/h11-13H,3-10H2,1-2H3,(H,17,18,19). The third-order valence-corrected chi connectivity index (χ3v) is 4.79. The first-order valence-corrected chi connectivity index (χ1v) is 8.16. The Morgan fingerprint density at radius 2 is 1.95 bits per heavy atom. The minimum absolute atomic E-state index is 0.905. The summed E-state index contributed by atoms with van der Waals surface area (Å²) in [7, 11) is 0. The van der Waals surface area contributed by atoms with Gasteiger partial charge in [0.05, 0.1) is 0 Å². The fourth-order valence-electron chi connectivity index (χ4n) is 3.88. The molecule has 1 aromatic rings. The van der Waals surface area contributed by atoms with Crippen molar-refractivity contribution in [3.8, 4) is 0 Å². The van der Waals surface area contributed by atoms with Gasteiger partial charge in [0, 0.05) is 25.2 Å². The minimum Gasteiger partial charge on any atom is -0.370 e. The van der Waals surface area contributed by atoms with E-state index in [1.165, 1.54) is 43.7 Å². The van der Waals surface area contributed by atoms with E-state index in [0.29, 0.717) is 0 Å². The van der Waals surface area contributed by atoms with Crippen molar-refractivity contribution in [3.63, 3.8) is 0 Å². The summed E-state index contributed by atoms with van der Waals surface area (Å²) in [6.07, 6.45) is 8.17. The Morgan fingerprint density at radius 3 is 2.60 bits per heavy atom. The minimum atomic E-state index is 0.905. The number of aromatic nitrogens is 2. The van der Waals surface area contributed by atoms with E-state index in [9.17, 15) is 0 Å². The second kappa shape index (κ2) is 5.98. The highest BCUT2D eigenvalue weighted by atomic mass is 15.2. The SMILES string of the molecule is CCCc1c(NCC)ncnc1N1CC2CCCC2C1. The zero-order valence-corrected chi connectivity index (χ0v) is 12.7. The lowest BCUT2D eigenvalue weighted by atomic mass is 10.0. The van der Waals surface area contributed by atoms with E-state index >= 15 is 0 Å².